The smallest absolute Gasteiger partial charge is 0.315 e. The van der Waals surface area contributed by atoms with E-state index in [4.69, 9.17) is 0 Å². The number of hydrogen-bond acceptors (Lipinski definition) is 3. The molecule has 1 rings (SSSR count). The molecule has 16 heavy (non-hydrogen) atoms. The summed E-state index contributed by atoms with van der Waals surface area (Å²) < 4.78 is 37.9. The monoisotopic (exact) mass is 252 g/mol. The second-order valence-electron chi connectivity index (χ2n) is 4.01. The first kappa shape index (κ1) is 13.4. The highest BCUT2D eigenvalue weighted by atomic mass is 32.1. The van der Waals surface area contributed by atoms with E-state index >= 15 is 0 Å². The topological polar surface area (TPSA) is 24.9 Å². The predicted molar refractivity (Wildman–Crippen MR) is 58.4 cm³/mol. The van der Waals surface area contributed by atoms with Crippen LogP contribution in [0.2, 0.25) is 0 Å². The molecule has 0 fully saturated rings. The molecule has 0 spiro atoms. The Labute approximate surface area is 96.9 Å². The Hall–Kier alpha value is -0.620. The van der Waals surface area contributed by atoms with Crippen molar-refractivity contribution < 1.29 is 13.2 Å². The van der Waals surface area contributed by atoms with Gasteiger partial charge in [-0.25, -0.2) is 4.98 Å². The van der Waals surface area contributed by atoms with Gasteiger partial charge >= 0.3 is 6.18 Å². The van der Waals surface area contributed by atoms with Crippen LogP contribution in [0.25, 0.3) is 0 Å². The van der Waals surface area contributed by atoms with E-state index in [1.54, 1.807) is 7.05 Å². The Kier molecular flexibility index (Phi) is 4.32. The molecule has 0 aromatic carbocycles. The van der Waals surface area contributed by atoms with Crippen molar-refractivity contribution in [2.24, 2.45) is 5.92 Å². The first-order chi connectivity index (χ1) is 7.34. The normalized spacial score (nSPS) is 12.4. The largest absolute Gasteiger partial charge is 0.434 e. The molecule has 0 bridgehead atoms. The average Bonchev–Trinajstić information content (AvgIpc) is 2.46. The summed E-state index contributed by atoms with van der Waals surface area (Å²) in [4.78, 5) is 3.96. The molecule has 6 heteroatoms. The van der Waals surface area contributed by atoms with Gasteiger partial charge in [-0.15, -0.1) is 11.3 Å². The van der Waals surface area contributed by atoms with Crippen molar-refractivity contribution in [1.29, 1.82) is 0 Å². The maximum Gasteiger partial charge on any atom is 0.434 e. The lowest BCUT2D eigenvalue weighted by Gasteiger charge is -2.04. The van der Waals surface area contributed by atoms with Crippen molar-refractivity contribution >= 4 is 11.3 Å². The highest BCUT2D eigenvalue weighted by molar-refractivity contribution is 7.11. The van der Waals surface area contributed by atoms with Gasteiger partial charge in [0, 0.05) is 13.0 Å². The quantitative estimate of drug-likeness (QED) is 0.890. The molecule has 0 saturated heterocycles. The molecular formula is C10H15F3N2S. The van der Waals surface area contributed by atoms with Crippen molar-refractivity contribution in [3.63, 3.8) is 0 Å². The number of rotatable bonds is 4. The summed E-state index contributed by atoms with van der Waals surface area (Å²) in [5.74, 6) is 0.315. The van der Waals surface area contributed by atoms with Gasteiger partial charge in [-0.1, -0.05) is 13.8 Å². The van der Waals surface area contributed by atoms with E-state index in [2.05, 4.69) is 10.3 Å². The molecule has 0 unspecified atom stereocenters. The van der Waals surface area contributed by atoms with E-state index in [9.17, 15) is 13.2 Å². The number of aromatic nitrogens is 1. The van der Waals surface area contributed by atoms with Crippen LogP contribution in [0.4, 0.5) is 13.2 Å². The van der Waals surface area contributed by atoms with Gasteiger partial charge in [0.1, 0.15) is 0 Å². The predicted octanol–water partition coefficient (Wildman–Crippen LogP) is 3.08. The molecule has 0 aliphatic heterocycles. The van der Waals surface area contributed by atoms with Crippen LogP contribution < -0.4 is 5.32 Å². The standard InChI is InChI=1S/C10H15F3N2S/c1-6(2)4-8-15-9(10(11,12)13)7(16-8)5-14-3/h6,14H,4-5H2,1-3H3. The van der Waals surface area contributed by atoms with Gasteiger partial charge in [-0.3, -0.25) is 0 Å². The summed E-state index contributed by atoms with van der Waals surface area (Å²) in [6, 6.07) is 0. The zero-order chi connectivity index (χ0) is 12.3. The van der Waals surface area contributed by atoms with Crippen molar-refractivity contribution in [1.82, 2.24) is 10.3 Å². The van der Waals surface area contributed by atoms with Gasteiger partial charge in [0.05, 0.1) is 9.88 Å². The fraction of sp³-hybridized carbons (Fsp3) is 0.700. The van der Waals surface area contributed by atoms with E-state index in [1.807, 2.05) is 13.8 Å². The van der Waals surface area contributed by atoms with Gasteiger partial charge in [0.2, 0.25) is 0 Å². The van der Waals surface area contributed by atoms with Crippen molar-refractivity contribution in [2.75, 3.05) is 7.05 Å². The molecule has 1 N–H and O–H groups in total. The summed E-state index contributed by atoms with van der Waals surface area (Å²) in [5, 5.41) is 3.30. The fourth-order valence-electron chi connectivity index (χ4n) is 1.34. The molecule has 92 valence electrons. The lowest BCUT2D eigenvalue weighted by molar-refractivity contribution is -0.141. The van der Waals surface area contributed by atoms with Crippen LogP contribution in [0.5, 0.6) is 0 Å². The van der Waals surface area contributed by atoms with Crippen molar-refractivity contribution in [3.8, 4) is 0 Å². The van der Waals surface area contributed by atoms with Crippen LogP contribution in [0.3, 0.4) is 0 Å². The molecular weight excluding hydrogens is 237 g/mol. The molecule has 0 aliphatic rings. The minimum Gasteiger partial charge on any atom is -0.315 e. The number of nitrogens with one attached hydrogen (secondary N) is 1. The lowest BCUT2D eigenvalue weighted by atomic mass is 10.1. The van der Waals surface area contributed by atoms with Crippen LogP contribution in [0.1, 0.15) is 29.4 Å². The lowest BCUT2D eigenvalue weighted by Crippen LogP contribution is -2.12. The Bertz CT molecular complexity index is 344. The summed E-state index contributed by atoms with van der Waals surface area (Å²) >= 11 is 1.15. The van der Waals surface area contributed by atoms with Crippen LogP contribution in [0, 0.1) is 5.92 Å². The molecule has 2 nitrogen and oxygen atoms in total. The minimum atomic E-state index is -4.35. The maximum atomic E-state index is 12.6. The Morgan fingerprint density at radius 3 is 2.44 bits per heavy atom. The van der Waals surface area contributed by atoms with Gasteiger partial charge in [-0.2, -0.15) is 13.2 Å². The maximum absolute atomic E-state index is 12.6. The third-order valence-corrected chi connectivity index (χ3v) is 3.01. The number of thiazole rings is 1. The van der Waals surface area contributed by atoms with Crippen LogP contribution in [-0.2, 0) is 19.1 Å². The molecule has 1 aromatic rings. The summed E-state index contributed by atoms with van der Waals surface area (Å²) in [6.07, 6.45) is -3.75. The summed E-state index contributed by atoms with van der Waals surface area (Å²) in [7, 11) is 1.63. The van der Waals surface area contributed by atoms with Gasteiger partial charge < -0.3 is 5.32 Å². The minimum absolute atomic E-state index is 0.213. The van der Waals surface area contributed by atoms with E-state index in [1.165, 1.54) is 0 Å². The SMILES string of the molecule is CNCc1sc(CC(C)C)nc1C(F)(F)F. The van der Waals surface area contributed by atoms with Gasteiger partial charge in [-0.05, 0) is 13.0 Å². The third kappa shape index (κ3) is 3.45. The van der Waals surface area contributed by atoms with E-state index in [0.717, 1.165) is 11.3 Å². The third-order valence-electron chi connectivity index (χ3n) is 1.93. The molecule has 0 saturated carbocycles. The number of alkyl halides is 3. The Balaban J connectivity index is 3.00. The second-order valence-corrected chi connectivity index (χ2v) is 5.17. The first-order valence-corrected chi connectivity index (χ1v) is 5.86. The zero-order valence-corrected chi connectivity index (χ0v) is 10.3. The molecule has 0 aliphatic carbocycles. The highest BCUT2D eigenvalue weighted by Gasteiger charge is 2.37. The van der Waals surface area contributed by atoms with Gasteiger partial charge in [0.25, 0.3) is 0 Å². The number of hydrogen-bond donors (Lipinski definition) is 1. The number of nitrogens with zero attached hydrogens (tertiary/aromatic N) is 1. The summed E-state index contributed by atoms with van der Waals surface area (Å²) in [5.41, 5.74) is -0.734. The highest BCUT2D eigenvalue weighted by Crippen LogP contribution is 2.34. The van der Waals surface area contributed by atoms with Gasteiger partial charge in [0.15, 0.2) is 5.69 Å². The van der Waals surface area contributed by atoms with Crippen LogP contribution >= 0.6 is 11.3 Å². The fourth-order valence-corrected chi connectivity index (χ4v) is 2.65. The summed E-state index contributed by atoms with van der Waals surface area (Å²) in [6.45, 7) is 4.14. The molecule has 0 radical (unpaired) electrons. The Morgan fingerprint density at radius 1 is 1.38 bits per heavy atom. The Morgan fingerprint density at radius 2 is 2.00 bits per heavy atom. The van der Waals surface area contributed by atoms with Crippen molar-refractivity contribution in [2.45, 2.75) is 33.0 Å². The molecule has 0 amide bonds. The molecule has 1 heterocycles. The van der Waals surface area contributed by atoms with Crippen molar-refractivity contribution in [3.05, 3.63) is 15.6 Å². The van der Waals surface area contributed by atoms with Crippen LogP contribution in [0.15, 0.2) is 0 Å². The average molecular weight is 252 g/mol. The van der Waals surface area contributed by atoms with E-state index in [-0.39, 0.29) is 11.4 Å². The zero-order valence-electron chi connectivity index (χ0n) is 9.48. The number of halogens is 3. The van der Waals surface area contributed by atoms with Crippen LogP contribution in [-0.4, -0.2) is 12.0 Å². The molecule has 0 atom stereocenters. The second kappa shape index (κ2) is 5.14. The first-order valence-electron chi connectivity index (χ1n) is 5.05. The van der Waals surface area contributed by atoms with E-state index < -0.39 is 11.9 Å². The van der Waals surface area contributed by atoms with E-state index in [0.29, 0.717) is 17.3 Å². The molecule has 1 aromatic heterocycles.